The Labute approximate surface area is 266 Å². The Kier molecular flexibility index (Phi) is 8.13. The maximum atomic E-state index is 11.7. The van der Waals surface area contributed by atoms with Gasteiger partial charge in [0.15, 0.2) is 0 Å². The number of aromatic carboxylic acids is 1. The number of carboxylic acid groups (broad SMARTS) is 1. The first-order valence-electron chi connectivity index (χ1n) is 13.3. The molecule has 198 valence electrons. The van der Waals surface area contributed by atoms with Crippen molar-refractivity contribution in [2.75, 3.05) is 0 Å². The third kappa shape index (κ3) is 5.07. The van der Waals surface area contributed by atoms with Gasteiger partial charge in [-0.3, -0.25) is 0 Å². The standard InChI is InChI=1S/C33H30N4O2.Ca.2H/c1-4-9-30-35-31-21(2)18-24(32-34-27-12-7-8-13-28(27)36(32)3)19-29(31)37(30)20-22-14-16-23(17-15-22)25-10-5-6-11-26(25)33(38)39;;;/h5-8,10-19H,4,9,20H2,1-3H3,(H,38,39);;;/q;+2;2*-1. The van der Waals surface area contributed by atoms with E-state index in [4.69, 9.17) is 9.97 Å². The number of carboxylic acids is 1. The molecular weight excluding hydrogens is 524 g/mol. The van der Waals surface area contributed by atoms with Crippen LogP contribution in [0.5, 0.6) is 0 Å². The van der Waals surface area contributed by atoms with Crippen LogP contribution in [0.4, 0.5) is 0 Å². The quantitative estimate of drug-likeness (QED) is 0.213. The average Bonchev–Trinajstić information content (AvgIpc) is 3.47. The smallest absolute Gasteiger partial charge is 1.00 e. The number of rotatable bonds is 7. The van der Waals surface area contributed by atoms with Crippen molar-refractivity contribution in [1.82, 2.24) is 19.1 Å². The fourth-order valence-corrected chi connectivity index (χ4v) is 5.46. The summed E-state index contributed by atoms with van der Waals surface area (Å²) in [5.41, 5.74) is 9.46. The van der Waals surface area contributed by atoms with Crippen LogP contribution < -0.4 is 0 Å². The number of para-hydroxylation sites is 2. The van der Waals surface area contributed by atoms with Crippen LogP contribution in [0.25, 0.3) is 44.6 Å². The molecule has 0 amide bonds. The number of benzene rings is 4. The van der Waals surface area contributed by atoms with Gasteiger partial charge in [0.25, 0.3) is 0 Å². The van der Waals surface area contributed by atoms with E-state index < -0.39 is 5.97 Å². The molecule has 1 N–H and O–H groups in total. The van der Waals surface area contributed by atoms with Crippen LogP contribution in [0.3, 0.4) is 0 Å². The minimum Gasteiger partial charge on any atom is -1.00 e. The predicted molar refractivity (Wildman–Crippen MR) is 164 cm³/mol. The van der Waals surface area contributed by atoms with Crippen LogP contribution in [0.15, 0.2) is 84.9 Å². The van der Waals surface area contributed by atoms with Crippen LogP contribution in [-0.2, 0) is 20.0 Å². The second-order valence-electron chi connectivity index (χ2n) is 10.1. The molecule has 2 heterocycles. The van der Waals surface area contributed by atoms with Crippen molar-refractivity contribution in [3.05, 3.63) is 107 Å². The van der Waals surface area contributed by atoms with Crippen molar-refractivity contribution in [2.24, 2.45) is 7.05 Å². The van der Waals surface area contributed by atoms with Crippen LogP contribution in [0, 0.1) is 6.92 Å². The molecule has 0 aliphatic rings. The molecule has 0 saturated heterocycles. The minimum atomic E-state index is -0.921. The first-order valence-corrected chi connectivity index (χ1v) is 13.3. The summed E-state index contributed by atoms with van der Waals surface area (Å²) in [6, 6.07) is 27.9. The summed E-state index contributed by atoms with van der Waals surface area (Å²) in [6.45, 7) is 4.98. The van der Waals surface area contributed by atoms with Crippen molar-refractivity contribution in [3.8, 4) is 22.5 Å². The van der Waals surface area contributed by atoms with E-state index in [9.17, 15) is 9.90 Å². The third-order valence-electron chi connectivity index (χ3n) is 7.41. The van der Waals surface area contributed by atoms with Crippen molar-refractivity contribution >= 4 is 65.8 Å². The third-order valence-corrected chi connectivity index (χ3v) is 7.41. The van der Waals surface area contributed by atoms with E-state index in [-0.39, 0.29) is 40.6 Å². The summed E-state index contributed by atoms with van der Waals surface area (Å²) in [7, 11) is 2.06. The molecular formula is C33H32CaN4O2. The van der Waals surface area contributed by atoms with Crippen LogP contribution in [-0.4, -0.2) is 67.9 Å². The molecule has 6 nitrogen and oxygen atoms in total. The molecule has 6 rings (SSSR count). The molecule has 0 aliphatic heterocycles. The van der Waals surface area contributed by atoms with Gasteiger partial charge in [0, 0.05) is 25.6 Å². The van der Waals surface area contributed by atoms with E-state index in [1.165, 1.54) is 0 Å². The molecule has 0 radical (unpaired) electrons. The molecule has 0 atom stereocenters. The topological polar surface area (TPSA) is 72.9 Å². The van der Waals surface area contributed by atoms with Gasteiger partial charge in [-0.2, -0.15) is 0 Å². The number of imidazole rings is 2. The summed E-state index contributed by atoms with van der Waals surface area (Å²) in [4.78, 5) is 21.7. The van der Waals surface area contributed by atoms with E-state index in [2.05, 4.69) is 60.4 Å². The Bertz CT molecular complexity index is 1860. The molecule has 6 aromatic rings. The molecule has 0 fully saturated rings. The van der Waals surface area contributed by atoms with E-state index in [0.717, 1.165) is 74.4 Å². The zero-order valence-corrected chi connectivity index (χ0v) is 25.3. The Morgan fingerprint density at radius 3 is 2.35 bits per heavy atom. The molecule has 0 unspecified atom stereocenters. The largest absolute Gasteiger partial charge is 2.00 e. The SMILES string of the molecule is CCCc1nc2c(C)cc(-c3nc4ccccc4n3C)cc2n1Cc1ccc(-c2ccccc2C(=O)O)cc1.[Ca+2].[H-].[H-]. The molecule has 0 spiro atoms. The Morgan fingerprint density at radius 2 is 1.62 bits per heavy atom. The minimum absolute atomic E-state index is 0. The number of aromatic nitrogens is 4. The van der Waals surface area contributed by atoms with E-state index in [1.54, 1.807) is 12.1 Å². The predicted octanol–water partition coefficient (Wildman–Crippen LogP) is 7.11. The van der Waals surface area contributed by atoms with Crippen molar-refractivity contribution in [1.29, 1.82) is 0 Å². The van der Waals surface area contributed by atoms with Crippen molar-refractivity contribution < 1.29 is 12.8 Å². The molecule has 0 aliphatic carbocycles. The van der Waals surface area contributed by atoms with Gasteiger partial charge < -0.3 is 17.1 Å². The molecule has 0 saturated carbocycles. The summed E-state index contributed by atoms with van der Waals surface area (Å²) < 4.78 is 4.47. The van der Waals surface area contributed by atoms with Crippen LogP contribution >= 0.6 is 0 Å². The number of hydrogen-bond donors (Lipinski definition) is 1. The number of carbonyl (C=O) groups is 1. The Balaban J connectivity index is 0.00000161. The number of nitrogens with zero attached hydrogens (tertiary/aromatic N) is 4. The molecule has 4 aromatic carbocycles. The van der Waals surface area contributed by atoms with Crippen molar-refractivity contribution in [2.45, 2.75) is 33.2 Å². The Hall–Kier alpha value is -3.45. The molecule has 7 heteroatoms. The summed E-state index contributed by atoms with van der Waals surface area (Å²) in [6.07, 6.45) is 1.89. The molecule has 0 bridgehead atoms. The van der Waals surface area contributed by atoms with Gasteiger partial charge in [0.05, 0.1) is 27.6 Å². The first-order chi connectivity index (χ1) is 18.9. The zero-order chi connectivity index (χ0) is 27.1. The summed E-state index contributed by atoms with van der Waals surface area (Å²) in [5.74, 6) is 1.08. The van der Waals surface area contributed by atoms with Gasteiger partial charge in [-0.25, -0.2) is 14.8 Å². The number of fused-ring (bicyclic) bond motifs is 2. The van der Waals surface area contributed by atoms with Crippen LogP contribution in [0.1, 0.15) is 43.5 Å². The van der Waals surface area contributed by atoms with Gasteiger partial charge in [-0.15, -0.1) is 0 Å². The molecule has 40 heavy (non-hydrogen) atoms. The monoisotopic (exact) mass is 556 g/mol. The number of hydrogen-bond acceptors (Lipinski definition) is 3. The van der Waals surface area contributed by atoms with E-state index >= 15 is 0 Å². The van der Waals surface area contributed by atoms with Gasteiger partial charge in [-0.05, 0) is 65.9 Å². The fraction of sp³-hybridized carbons (Fsp3) is 0.182. The van der Waals surface area contributed by atoms with Crippen molar-refractivity contribution in [3.63, 3.8) is 0 Å². The van der Waals surface area contributed by atoms with E-state index in [1.807, 2.05) is 42.5 Å². The van der Waals surface area contributed by atoms with E-state index in [0.29, 0.717) is 12.1 Å². The number of aryl methyl sites for hydroxylation is 3. The van der Waals surface area contributed by atoms with Gasteiger partial charge in [0.2, 0.25) is 0 Å². The van der Waals surface area contributed by atoms with Gasteiger partial charge >= 0.3 is 43.7 Å². The summed E-state index contributed by atoms with van der Waals surface area (Å²) >= 11 is 0. The summed E-state index contributed by atoms with van der Waals surface area (Å²) in [5, 5.41) is 9.60. The zero-order valence-electron chi connectivity index (χ0n) is 25.1. The van der Waals surface area contributed by atoms with Gasteiger partial charge in [-0.1, -0.05) is 61.5 Å². The second kappa shape index (κ2) is 11.6. The maximum absolute atomic E-state index is 11.7. The normalized spacial score (nSPS) is 11.2. The maximum Gasteiger partial charge on any atom is 2.00 e. The van der Waals surface area contributed by atoms with Crippen LogP contribution in [0.2, 0.25) is 0 Å². The Morgan fingerprint density at radius 1 is 0.900 bits per heavy atom. The first kappa shape index (κ1) is 28.1. The fourth-order valence-electron chi connectivity index (χ4n) is 5.46. The van der Waals surface area contributed by atoms with Gasteiger partial charge in [0.1, 0.15) is 11.6 Å². The average molecular weight is 557 g/mol. The second-order valence-corrected chi connectivity index (χ2v) is 10.1. The molecule has 2 aromatic heterocycles.